The van der Waals surface area contributed by atoms with Crippen LogP contribution in [0.3, 0.4) is 0 Å². The third kappa shape index (κ3) is 1.96. The van der Waals surface area contributed by atoms with Crippen LogP contribution >= 0.6 is 0 Å². The summed E-state index contributed by atoms with van der Waals surface area (Å²) in [7, 11) is 0. The topological polar surface area (TPSA) is 148 Å². The average Bonchev–Trinajstić information content (AvgIpc) is 2.14. The Hall–Kier alpha value is -1.71. The van der Waals surface area contributed by atoms with E-state index in [1.807, 2.05) is 0 Å². The van der Waals surface area contributed by atoms with Crippen LogP contribution in [-0.4, -0.2) is 36.0 Å². The molecule has 5 N–H and O–H groups in total. The number of rotatable bonds is 3. The van der Waals surface area contributed by atoms with Crippen molar-refractivity contribution in [2.75, 3.05) is 0 Å². The first-order valence-corrected chi connectivity index (χ1v) is 4.39. The van der Waals surface area contributed by atoms with Crippen molar-refractivity contribution >= 4 is 0 Å². The Labute approximate surface area is 87.6 Å². The highest BCUT2D eigenvalue weighted by molar-refractivity contribution is 4.79. The lowest BCUT2D eigenvalue weighted by atomic mass is 10.2. The quantitative estimate of drug-likeness (QED) is 0.343. The van der Waals surface area contributed by atoms with Crippen molar-refractivity contribution in [3.05, 3.63) is 31.5 Å². The summed E-state index contributed by atoms with van der Waals surface area (Å²) in [5.41, 5.74) is -3.73. The highest BCUT2D eigenvalue weighted by Gasteiger charge is 2.37. The van der Waals surface area contributed by atoms with E-state index < -0.39 is 29.1 Å². The summed E-state index contributed by atoms with van der Waals surface area (Å²) in [5.74, 6) is -3.08. The highest BCUT2D eigenvalue weighted by atomic mass is 16.5. The highest BCUT2D eigenvalue weighted by Crippen LogP contribution is 2.11. The number of hydrogen-bond acceptors (Lipinski definition) is 6. The Morgan fingerprint density at radius 1 is 1.25 bits per heavy atom. The van der Waals surface area contributed by atoms with Crippen molar-refractivity contribution in [1.29, 1.82) is 0 Å². The van der Waals surface area contributed by atoms with Crippen molar-refractivity contribution < 1.29 is 15.3 Å². The van der Waals surface area contributed by atoms with Crippen LogP contribution in [0.4, 0.5) is 0 Å². The molecule has 0 saturated heterocycles. The summed E-state index contributed by atoms with van der Waals surface area (Å²) in [6.07, 6.45) is -1.87. The molecule has 90 valence electrons. The summed E-state index contributed by atoms with van der Waals surface area (Å²) in [6, 6.07) is 0. The lowest BCUT2D eigenvalue weighted by molar-refractivity contribution is -0.290. The molecule has 1 heterocycles. The van der Waals surface area contributed by atoms with E-state index in [1.165, 1.54) is 6.92 Å². The Morgan fingerprint density at radius 3 is 2.06 bits per heavy atom. The minimum atomic E-state index is -3.08. The molecule has 0 aliphatic rings. The Kier molecular flexibility index (Phi) is 3.12. The molecule has 0 amide bonds. The first-order chi connectivity index (χ1) is 7.30. The summed E-state index contributed by atoms with van der Waals surface area (Å²) in [4.78, 5) is 36.3. The van der Waals surface area contributed by atoms with Gasteiger partial charge >= 0.3 is 17.1 Å². The van der Waals surface area contributed by atoms with E-state index in [0.717, 1.165) is 0 Å². The van der Waals surface area contributed by atoms with Crippen LogP contribution in [0.1, 0.15) is 13.3 Å². The molecule has 0 radical (unpaired) electrons. The van der Waals surface area contributed by atoms with Gasteiger partial charge in [-0.05, 0) is 6.42 Å². The molecule has 0 spiro atoms. The Morgan fingerprint density at radius 2 is 1.69 bits per heavy atom. The van der Waals surface area contributed by atoms with Crippen LogP contribution in [0.25, 0.3) is 0 Å². The molecule has 0 aliphatic carbocycles. The zero-order chi connectivity index (χ0) is 12.5. The zero-order valence-corrected chi connectivity index (χ0v) is 8.30. The number of hydrogen-bond donors (Lipinski definition) is 5. The summed E-state index contributed by atoms with van der Waals surface area (Å²) >= 11 is 0. The smallest absolute Gasteiger partial charge is 0.338 e. The van der Waals surface area contributed by atoms with E-state index in [0.29, 0.717) is 0 Å². The molecular formula is C7H11N3O6. The Balaban J connectivity index is 3.51. The van der Waals surface area contributed by atoms with Gasteiger partial charge in [0.05, 0.1) is 0 Å². The SMILES string of the molecule is CCC(O)C(O)(O)n1c(=O)[nH]c(=O)[nH]c1=O. The van der Waals surface area contributed by atoms with Gasteiger partial charge in [0.1, 0.15) is 6.10 Å². The van der Waals surface area contributed by atoms with E-state index in [4.69, 9.17) is 0 Å². The normalized spacial score (nSPS) is 13.8. The summed E-state index contributed by atoms with van der Waals surface area (Å²) < 4.78 is -0.0808. The number of H-pyrrole nitrogens is 2. The lowest BCUT2D eigenvalue weighted by Gasteiger charge is -2.26. The number of aromatic nitrogens is 3. The van der Waals surface area contributed by atoms with Gasteiger partial charge < -0.3 is 15.3 Å². The van der Waals surface area contributed by atoms with Crippen LogP contribution in [0.15, 0.2) is 14.4 Å². The predicted octanol–water partition coefficient (Wildman–Crippen LogP) is -3.41. The molecule has 1 aromatic heterocycles. The van der Waals surface area contributed by atoms with E-state index >= 15 is 0 Å². The van der Waals surface area contributed by atoms with Gasteiger partial charge in [-0.1, -0.05) is 6.92 Å². The number of aromatic amines is 2. The predicted molar refractivity (Wildman–Crippen MR) is 50.7 cm³/mol. The standard InChI is InChI=1S/C7H11N3O6/c1-2-3(11)7(15,16)10-5(13)8-4(12)9-6(10)14/h3,11,15-16H,2H2,1H3,(H2,8,9,12,13,14). The zero-order valence-electron chi connectivity index (χ0n) is 8.30. The van der Waals surface area contributed by atoms with Crippen molar-refractivity contribution in [3.8, 4) is 0 Å². The first-order valence-electron chi connectivity index (χ1n) is 4.39. The van der Waals surface area contributed by atoms with E-state index in [-0.39, 0.29) is 11.0 Å². The minimum Gasteiger partial charge on any atom is -0.385 e. The molecule has 1 atom stereocenters. The minimum absolute atomic E-state index is 0.0808. The molecule has 1 rings (SSSR count). The van der Waals surface area contributed by atoms with Crippen molar-refractivity contribution in [2.24, 2.45) is 0 Å². The summed E-state index contributed by atoms with van der Waals surface area (Å²) in [5, 5.41) is 28.1. The third-order valence-electron chi connectivity index (χ3n) is 2.01. The van der Waals surface area contributed by atoms with Gasteiger partial charge in [-0.25, -0.2) is 14.4 Å². The molecule has 0 fully saturated rings. The van der Waals surface area contributed by atoms with Crippen molar-refractivity contribution in [1.82, 2.24) is 14.5 Å². The largest absolute Gasteiger partial charge is 0.385 e. The summed E-state index contributed by atoms with van der Waals surface area (Å²) in [6.45, 7) is 1.41. The van der Waals surface area contributed by atoms with Crippen LogP contribution < -0.4 is 17.1 Å². The molecule has 0 aromatic carbocycles. The maximum Gasteiger partial charge on any atom is 0.338 e. The van der Waals surface area contributed by atoms with Gasteiger partial charge in [-0.2, -0.15) is 4.57 Å². The van der Waals surface area contributed by atoms with E-state index in [9.17, 15) is 29.7 Å². The molecule has 1 aromatic rings. The van der Waals surface area contributed by atoms with Gasteiger partial charge in [-0.15, -0.1) is 0 Å². The van der Waals surface area contributed by atoms with Gasteiger partial charge in [0.25, 0.3) is 5.91 Å². The van der Waals surface area contributed by atoms with E-state index in [2.05, 4.69) is 0 Å². The number of aliphatic hydroxyl groups excluding tert-OH is 1. The number of nitrogens with zero attached hydrogens (tertiary/aromatic N) is 1. The molecule has 0 saturated carbocycles. The van der Waals surface area contributed by atoms with E-state index in [1.54, 1.807) is 9.97 Å². The third-order valence-corrected chi connectivity index (χ3v) is 2.01. The first kappa shape index (κ1) is 12.4. The molecule has 16 heavy (non-hydrogen) atoms. The fourth-order valence-electron chi connectivity index (χ4n) is 1.15. The van der Waals surface area contributed by atoms with Crippen LogP contribution in [0.5, 0.6) is 0 Å². The molecule has 0 aliphatic heterocycles. The molecule has 0 bridgehead atoms. The van der Waals surface area contributed by atoms with Gasteiger partial charge in [0.2, 0.25) is 0 Å². The van der Waals surface area contributed by atoms with Crippen LogP contribution in [-0.2, 0) is 5.91 Å². The molecule has 9 nitrogen and oxygen atoms in total. The lowest BCUT2D eigenvalue weighted by Crippen LogP contribution is -2.58. The van der Waals surface area contributed by atoms with Gasteiger partial charge in [-0.3, -0.25) is 9.97 Å². The number of aliphatic hydroxyl groups is 3. The maximum atomic E-state index is 11.2. The Bertz CT molecular complexity index is 504. The van der Waals surface area contributed by atoms with Crippen molar-refractivity contribution in [2.45, 2.75) is 25.4 Å². The second-order valence-electron chi connectivity index (χ2n) is 3.14. The van der Waals surface area contributed by atoms with Crippen molar-refractivity contribution in [3.63, 3.8) is 0 Å². The maximum absolute atomic E-state index is 11.2. The molecule has 9 heteroatoms. The second kappa shape index (κ2) is 4.04. The number of nitrogens with one attached hydrogen (secondary N) is 2. The van der Waals surface area contributed by atoms with Crippen LogP contribution in [0, 0.1) is 0 Å². The van der Waals surface area contributed by atoms with Crippen LogP contribution in [0.2, 0.25) is 0 Å². The second-order valence-corrected chi connectivity index (χ2v) is 3.14. The van der Waals surface area contributed by atoms with Gasteiger partial charge in [0.15, 0.2) is 0 Å². The van der Waals surface area contributed by atoms with Gasteiger partial charge in [0, 0.05) is 0 Å². The molecule has 1 unspecified atom stereocenters. The fourth-order valence-corrected chi connectivity index (χ4v) is 1.15. The fraction of sp³-hybridized carbons (Fsp3) is 0.571. The monoisotopic (exact) mass is 233 g/mol. The molecular weight excluding hydrogens is 222 g/mol. The average molecular weight is 233 g/mol.